The number of nitrogens with zero attached hydrogens (tertiary/aromatic N) is 1. The summed E-state index contributed by atoms with van der Waals surface area (Å²) in [5, 5.41) is 9.78. The molecule has 6 heteroatoms. The van der Waals surface area contributed by atoms with E-state index in [1.165, 1.54) is 0 Å². The molecule has 0 bridgehead atoms. The number of urea groups is 1. The van der Waals surface area contributed by atoms with Gasteiger partial charge in [-0.2, -0.15) is 0 Å². The number of para-hydroxylation sites is 1. The first-order chi connectivity index (χ1) is 11.2. The number of hydrogen-bond acceptors (Lipinski definition) is 4. The standard InChI is InChI=1S/C17H19N3O2S/c1-12(16-18-8-9-23-16)11-20-17(21)19-7-6-14-10-13-4-2-3-5-15(13)22-14/h2-5,8-10,12H,6-7,11H2,1H3,(H2,19,20,21)/t12-/m1/s1. The fourth-order valence-corrected chi connectivity index (χ4v) is 3.03. The highest BCUT2D eigenvalue weighted by Crippen LogP contribution is 2.19. The molecule has 2 aromatic heterocycles. The van der Waals surface area contributed by atoms with E-state index in [-0.39, 0.29) is 11.9 Å². The first-order valence-corrected chi connectivity index (χ1v) is 8.49. The monoisotopic (exact) mass is 329 g/mol. The van der Waals surface area contributed by atoms with Gasteiger partial charge >= 0.3 is 6.03 Å². The van der Waals surface area contributed by atoms with Gasteiger partial charge in [-0.3, -0.25) is 0 Å². The highest BCUT2D eigenvalue weighted by Gasteiger charge is 2.10. The van der Waals surface area contributed by atoms with Gasteiger partial charge in [0.15, 0.2) is 0 Å². The van der Waals surface area contributed by atoms with Crippen LogP contribution in [0.1, 0.15) is 23.6 Å². The minimum absolute atomic E-state index is 0.162. The SMILES string of the molecule is C[C@H](CNC(=O)NCCc1cc2ccccc2o1)c1nccs1. The second-order valence-corrected chi connectivity index (χ2v) is 6.33. The molecule has 2 N–H and O–H groups in total. The van der Waals surface area contributed by atoms with Crippen molar-refractivity contribution in [3.8, 4) is 0 Å². The summed E-state index contributed by atoms with van der Waals surface area (Å²) in [7, 11) is 0. The smallest absolute Gasteiger partial charge is 0.314 e. The van der Waals surface area contributed by atoms with E-state index in [0.29, 0.717) is 19.5 Å². The van der Waals surface area contributed by atoms with E-state index in [1.54, 1.807) is 17.5 Å². The fraction of sp³-hybridized carbons (Fsp3) is 0.294. The highest BCUT2D eigenvalue weighted by molar-refractivity contribution is 7.09. The summed E-state index contributed by atoms with van der Waals surface area (Å²) in [5.74, 6) is 1.10. The van der Waals surface area contributed by atoms with E-state index in [4.69, 9.17) is 4.42 Å². The molecule has 23 heavy (non-hydrogen) atoms. The van der Waals surface area contributed by atoms with Crippen LogP contribution in [-0.4, -0.2) is 24.1 Å². The summed E-state index contributed by atoms with van der Waals surface area (Å²) in [6.07, 6.45) is 2.45. The van der Waals surface area contributed by atoms with Gasteiger partial charge in [0.2, 0.25) is 0 Å². The maximum Gasteiger partial charge on any atom is 0.314 e. The van der Waals surface area contributed by atoms with Gasteiger partial charge in [-0.05, 0) is 12.1 Å². The zero-order chi connectivity index (χ0) is 16.1. The molecule has 2 heterocycles. The van der Waals surface area contributed by atoms with Gasteiger partial charge in [-0.1, -0.05) is 25.1 Å². The van der Waals surface area contributed by atoms with Crippen LogP contribution >= 0.6 is 11.3 Å². The zero-order valence-corrected chi connectivity index (χ0v) is 13.7. The molecule has 0 fully saturated rings. The van der Waals surface area contributed by atoms with Gasteiger partial charge in [-0.15, -0.1) is 11.3 Å². The molecule has 2 amide bonds. The number of benzene rings is 1. The molecule has 1 aromatic carbocycles. The molecule has 0 aliphatic rings. The molecular formula is C17H19N3O2S. The average molecular weight is 329 g/mol. The van der Waals surface area contributed by atoms with Crippen LogP contribution in [0.15, 0.2) is 46.3 Å². The number of amides is 2. The Morgan fingerprint density at radius 2 is 2.22 bits per heavy atom. The van der Waals surface area contributed by atoms with Gasteiger partial charge in [0.25, 0.3) is 0 Å². The summed E-state index contributed by atoms with van der Waals surface area (Å²) < 4.78 is 5.72. The van der Waals surface area contributed by atoms with E-state index < -0.39 is 0 Å². The Balaban J connectivity index is 1.40. The lowest BCUT2D eigenvalue weighted by Gasteiger charge is -2.10. The molecule has 0 aliphatic carbocycles. The van der Waals surface area contributed by atoms with Crippen LogP contribution in [0.5, 0.6) is 0 Å². The lowest BCUT2D eigenvalue weighted by Crippen LogP contribution is -2.38. The third-order valence-electron chi connectivity index (χ3n) is 3.58. The third kappa shape index (κ3) is 4.10. The minimum atomic E-state index is -0.162. The number of rotatable bonds is 6. The largest absolute Gasteiger partial charge is 0.461 e. The predicted octanol–water partition coefficient (Wildman–Crippen LogP) is 3.53. The van der Waals surface area contributed by atoms with E-state index in [2.05, 4.69) is 15.6 Å². The van der Waals surface area contributed by atoms with Crippen LogP contribution in [0.3, 0.4) is 0 Å². The maximum absolute atomic E-state index is 11.8. The Kier molecular flexibility index (Phi) is 4.92. The van der Waals surface area contributed by atoms with Crippen molar-refractivity contribution >= 4 is 28.3 Å². The van der Waals surface area contributed by atoms with Crippen LogP contribution < -0.4 is 10.6 Å². The van der Waals surface area contributed by atoms with E-state index in [0.717, 1.165) is 21.7 Å². The predicted molar refractivity (Wildman–Crippen MR) is 91.8 cm³/mol. The Morgan fingerprint density at radius 1 is 1.35 bits per heavy atom. The number of aromatic nitrogens is 1. The molecule has 1 atom stereocenters. The second kappa shape index (κ2) is 7.28. The molecule has 120 valence electrons. The summed E-state index contributed by atoms with van der Waals surface area (Å²) in [6, 6.07) is 9.74. The van der Waals surface area contributed by atoms with Gasteiger partial charge < -0.3 is 15.1 Å². The van der Waals surface area contributed by atoms with Crippen molar-refractivity contribution in [2.24, 2.45) is 0 Å². The van der Waals surface area contributed by atoms with Crippen LogP contribution in [0.4, 0.5) is 4.79 Å². The molecule has 0 unspecified atom stereocenters. The van der Waals surface area contributed by atoms with Crippen molar-refractivity contribution in [1.82, 2.24) is 15.6 Å². The van der Waals surface area contributed by atoms with Gasteiger partial charge in [0, 0.05) is 42.4 Å². The topological polar surface area (TPSA) is 67.2 Å². The first kappa shape index (κ1) is 15.6. The Labute approximate surface area is 138 Å². The van der Waals surface area contributed by atoms with Crippen LogP contribution in [0.25, 0.3) is 11.0 Å². The van der Waals surface area contributed by atoms with Crippen molar-refractivity contribution in [3.63, 3.8) is 0 Å². The highest BCUT2D eigenvalue weighted by atomic mass is 32.1. The van der Waals surface area contributed by atoms with Crippen molar-refractivity contribution in [1.29, 1.82) is 0 Å². The molecule has 0 spiro atoms. The van der Waals surface area contributed by atoms with Crippen LogP contribution in [-0.2, 0) is 6.42 Å². The van der Waals surface area contributed by atoms with Crippen molar-refractivity contribution < 1.29 is 9.21 Å². The summed E-state index contributed by atoms with van der Waals surface area (Å²) in [4.78, 5) is 16.1. The van der Waals surface area contributed by atoms with Crippen molar-refractivity contribution in [2.45, 2.75) is 19.3 Å². The number of carbonyl (C=O) groups is 1. The van der Waals surface area contributed by atoms with E-state index >= 15 is 0 Å². The number of hydrogen-bond donors (Lipinski definition) is 2. The van der Waals surface area contributed by atoms with Gasteiger partial charge in [-0.25, -0.2) is 9.78 Å². The van der Waals surface area contributed by atoms with E-state index in [9.17, 15) is 4.79 Å². The number of thiazole rings is 1. The minimum Gasteiger partial charge on any atom is -0.461 e. The first-order valence-electron chi connectivity index (χ1n) is 7.61. The molecule has 5 nitrogen and oxygen atoms in total. The van der Waals surface area contributed by atoms with Gasteiger partial charge in [0.05, 0.1) is 5.01 Å². The van der Waals surface area contributed by atoms with Crippen molar-refractivity contribution in [2.75, 3.05) is 13.1 Å². The normalized spacial score (nSPS) is 12.2. The molecule has 0 saturated carbocycles. The van der Waals surface area contributed by atoms with E-state index in [1.807, 2.05) is 42.6 Å². The molecule has 0 radical (unpaired) electrons. The Hall–Kier alpha value is -2.34. The molecule has 0 aliphatic heterocycles. The summed E-state index contributed by atoms with van der Waals surface area (Å²) >= 11 is 1.60. The number of fused-ring (bicyclic) bond motifs is 1. The average Bonchev–Trinajstić information content (AvgIpc) is 3.21. The van der Waals surface area contributed by atoms with Crippen LogP contribution in [0, 0.1) is 0 Å². The quantitative estimate of drug-likeness (QED) is 0.727. The van der Waals surface area contributed by atoms with Gasteiger partial charge in [0.1, 0.15) is 11.3 Å². The Bertz CT molecular complexity index is 734. The molecular weight excluding hydrogens is 310 g/mol. The summed E-state index contributed by atoms with van der Waals surface area (Å²) in [5.41, 5.74) is 0.879. The zero-order valence-electron chi connectivity index (χ0n) is 12.9. The molecule has 3 aromatic rings. The van der Waals surface area contributed by atoms with Crippen LogP contribution in [0.2, 0.25) is 0 Å². The molecule has 3 rings (SSSR count). The number of furan rings is 1. The second-order valence-electron chi connectivity index (χ2n) is 5.41. The number of nitrogens with one attached hydrogen (secondary N) is 2. The maximum atomic E-state index is 11.8. The fourth-order valence-electron chi connectivity index (χ4n) is 2.33. The lowest BCUT2D eigenvalue weighted by molar-refractivity contribution is 0.240. The Morgan fingerprint density at radius 3 is 3.00 bits per heavy atom. The lowest BCUT2D eigenvalue weighted by atomic mass is 10.2. The number of carbonyl (C=O) groups excluding carboxylic acids is 1. The molecule has 0 saturated heterocycles. The summed E-state index contributed by atoms with van der Waals surface area (Å²) in [6.45, 7) is 3.16. The third-order valence-corrected chi connectivity index (χ3v) is 4.58. The van der Waals surface area contributed by atoms with Crippen molar-refractivity contribution in [3.05, 3.63) is 52.7 Å².